The molecule has 0 aliphatic heterocycles. The fourth-order valence-corrected chi connectivity index (χ4v) is 7.56. The predicted octanol–water partition coefficient (Wildman–Crippen LogP) is 16.0. The molecule has 0 spiro atoms. The van der Waals surface area contributed by atoms with Crippen LogP contribution >= 0.6 is 0 Å². The Hall–Kier alpha value is -1.59. The first kappa shape index (κ1) is 54.4. The summed E-state index contributed by atoms with van der Waals surface area (Å²) in [5.74, 6) is -0.850. The van der Waals surface area contributed by atoms with Crippen LogP contribution in [0, 0.1) is 0 Å². The van der Waals surface area contributed by atoms with E-state index >= 15 is 0 Å². The zero-order valence-electron chi connectivity index (χ0n) is 37.9. The lowest BCUT2D eigenvalue weighted by Crippen LogP contribution is -2.30. The molecule has 0 radical (unpaired) electrons. The van der Waals surface area contributed by atoms with Crippen LogP contribution < -0.4 is 0 Å². The maximum absolute atomic E-state index is 12.7. The van der Waals surface area contributed by atoms with Crippen LogP contribution in [0.25, 0.3) is 0 Å². The van der Waals surface area contributed by atoms with Gasteiger partial charge in [0.15, 0.2) is 6.10 Å². The van der Waals surface area contributed by atoms with Crippen molar-refractivity contribution >= 4 is 17.9 Å². The second kappa shape index (κ2) is 46.1. The topological polar surface area (TPSA) is 78.9 Å². The van der Waals surface area contributed by atoms with E-state index in [-0.39, 0.29) is 31.1 Å². The summed E-state index contributed by atoms with van der Waals surface area (Å²) in [6.07, 6.45) is 48.1. The lowest BCUT2D eigenvalue weighted by Gasteiger charge is -2.18. The third-order valence-electron chi connectivity index (χ3n) is 11.4. The summed E-state index contributed by atoms with van der Waals surface area (Å²) >= 11 is 0. The van der Waals surface area contributed by atoms with E-state index in [9.17, 15) is 14.4 Å². The number of carbonyl (C=O) groups is 3. The molecule has 0 aliphatic carbocycles. The first-order valence-electron chi connectivity index (χ1n) is 25.0. The second-order valence-corrected chi connectivity index (χ2v) is 17.1. The van der Waals surface area contributed by atoms with E-state index in [1.165, 1.54) is 186 Å². The molecule has 0 bridgehead atoms. The van der Waals surface area contributed by atoms with Gasteiger partial charge in [0.05, 0.1) is 0 Å². The molecular weight excluding hydrogens is 697 g/mol. The SMILES string of the molecule is CCCCCCCCCCCCCCCCCCCCCC(=O)OC[C@@H](COC(=O)CCCCCCCCCCCC)OC(=O)CCCCCCCCCCC. The molecule has 6 heteroatoms. The number of unbranched alkanes of at least 4 members (excludes halogenated alkanes) is 35. The van der Waals surface area contributed by atoms with E-state index in [2.05, 4.69) is 20.8 Å². The number of esters is 3. The van der Waals surface area contributed by atoms with Crippen molar-refractivity contribution < 1.29 is 28.6 Å². The van der Waals surface area contributed by atoms with E-state index < -0.39 is 6.10 Å². The van der Waals surface area contributed by atoms with Crippen molar-refractivity contribution in [2.24, 2.45) is 0 Å². The zero-order chi connectivity index (χ0) is 40.8. The third kappa shape index (κ3) is 43.5. The van der Waals surface area contributed by atoms with Crippen molar-refractivity contribution in [3.63, 3.8) is 0 Å². The van der Waals surface area contributed by atoms with Gasteiger partial charge in [-0.1, -0.05) is 245 Å². The Labute approximate surface area is 348 Å². The molecule has 0 amide bonds. The molecule has 0 aliphatic rings. The lowest BCUT2D eigenvalue weighted by molar-refractivity contribution is -0.167. The fraction of sp³-hybridized carbons (Fsp3) is 0.940. The third-order valence-corrected chi connectivity index (χ3v) is 11.4. The van der Waals surface area contributed by atoms with Gasteiger partial charge in [-0.3, -0.25) is 14.4 Å². The van der Waals surface area contributed by atoms with Crippen LogP contribution in [0.2, 0.25) is 0 Å². The van der Waals surface area contributed by atoms with Crippen molar-refractivity contribution in [2.75, 3.05) is 13.2 Å². The molecule has 0 N–H and O–H groups in total. The minimum Gasteiger partial charge on any atom is -0.462 e. The summed E-state index contributed by atoms with van der Waals surface area (Å²) in [5, 5.41) is 0. The van der Waals surface area contributed by atoms with Crippen LogP contribution in [0.4, 0.5) is 0 Å². The van der Waals surface area contributed by atoms with Crippen LogP contribution in [0.1, 0.15) is 284 Å². The van der Waals surface area contributed by atoms with Gasteiger partial charge in [0.1, 0.15) is 13.2 Å². The molecule has 0 saturated heterocycles. The molecule has 332 valence electrons. The lowest BCUT2D eigenvalue weighted by atomic mass is 10.0. The highest BCUT2D eigenvalue weighted by Gasteiger charge is 2.19. The fourth-order valence-electron chi connectivity index (χ4n) is 7.56. The van der Waals surface area contributed by atoms with E-state index in [4.69, 9.17) is 14.2 Å². The first-order valence-corrected chi connectivity index (χ1v) is 25.0. The predicted molar refractivity (Wildman–Crippen MR) is 238 cm³/mol. The standard InChI is InChI=1S/C50H96O6/c1-4-7-10-13-16-19-21-22-23-24-25-26-27-28-29-32-34-37-40-43-49(52)55-46-47(56-50(53)44-41-38-35-30-18-15-12-9-6-3)45-54-48(51)42-39-36-33-31-20-17-14-11-8-5-2/h47H,4-46H2,1-3H3/t47-/m1/s1. The Morgan fingerprint density at radius 3 is 0.714 bits per heavy atom. The maximum atomic E-state index is 12.7. The number of hydrogen-bond acceptors (Lipinski definition) is 6. The molecule has 6 nitrogen and oxygen atoms in total. The van der Waals surface area contributed by atoms with Gasteiger partial charge in [-0.05, 0) is 19.3 Å². The van der Waals surface area contributed by atoms with E-state index in [1.807, 2.05) is 0 Å². The van der Waals surface area contributed by atoms with Gasteiger partial charge in [0.25, 0.3) is 0 Å². The van der Waals surface area contributed by atoms with E-state index in [0.717, 1.165) is 57.8 Å². The number of ether oxygens (including phenoxy) is 3. The second-order valence-electron chi connectivity index (χ2n) is 17.1. The molecule has 0 heterocycles. The minimum absolute atomic E-state index is 0.0625. The Morgan fingerprint density at radius 1 is 0.286 bits per heavy atom. The van der Waals surface area contributed by atoms with Gasteiger partial charge in [0.2, 0.25) is 0 Å². The molecule has 0 fully saturated rings. The van der Waals surface area contributed by atoms with Gasteiger partial charge in [-0.2, -0.15) is 0 Å². The highest BCUT2D eigenvalue weighted by Crippen LogP contribution is 2.16. The Kier molecular flexibility index (Phi) is 44.8. The van der Waals surface area contributed by atoms with Crippen molar-refractivity contribution in [3.8, 4) is 0 Å². The number of hydrogen-bond donors (Lipinski definition) is 0. The molecule has 0 unspecified atom stereocenters. The molecule has 0 aromatic carbocycles. The average molecular weight is 793 g/mol. The largest absolute Gasteiger partial charge is 0.462 e. The highest BCUT2D eigenvalue weighted by molar-refractivity contribution is 5.71. The van der Waals surface area contributed by atoms with Gasteiger partial charge in [-0.25, -0.2) is 0 Å². The molecule has 1 atom stereocenters. The van der Waals surface area contributed by atoms with Crippen LogP contribution in [0.3, 0.4) is 0 Å². The van der Waals surface area contributed by atoms with Crippen molar-refractivity contribution in [1.82, 2.24) is 0 Å². The summed E-state index contributed by atoms with van der Waals surface area (Å²) in [6.45, 7) is 6.64. The molecule has 0 saturated carbocycles. The van der Waals surface area contributed by atoms with Gasteiger partial charge in [-0.15, -0.1) is 0 Å². The van der Waals surface area contributed by atoms with Crippen LogP contribution in [0.5, 0.6) is 0 Å². The van der Waals surface area contributed by atoms with E-state index in [1.54, 1.807) is 0 Å². The van der Waals surface area contributed by atoms with Gasteiger partial charge < -0.3 is 14.2 Å². The molecule has 0 aromatic heterocycles. The van der Waals surface area contributed by atoms with Gasteiger partial charge >= 0.3 is 17.9 Å². The smallest absolute Gasteiger partial charge is 0.306 e. The van der Waals surface area contributed by atoms with Crippen LogP contribution in [-0.4, -0.2) is 37.2 Å². The number of rotatable bonds is 46. The Morgan fingerprint density at radius 2 is 0.482 bits per heavy atom. The first-order chi connectivity index (χ1) is 27.5. The highest BCUT2D eigenvalue weighted by atomic mass is 16.6. The Bertz CT molecular complexity index is 828. The van der Waals surface area contributed by atoms with Gasteiger partial charge in [0, 0.05) is 19.3 Å². The summed E-state index contributed by atoms with van der Waals surface area (Å²) in [7, 11) is 0. The minimum atomic E-state index is -0.758. The monoisotopic (exact) mass is 793 g/mol. The van der Waals surface area contributed by atoms with E-state index in [0.29, 0.717) is 19.3 Å². The molecule has 0 aromatic rings. The van der Waals surface area contributed by atoms with Crippen molar-refractivity contribution in [1.29, 1.82) is 0 Å². The van der Waals surface area contributed by atoms with Crippen molar-refractivity contribution in [3.05, 3.63) is 0 Å². The zero-order valence-corrected chi connectivity index (χ0v) is 37.9. The molecular formula is C50H96O6. The summed E-state index contributed by atoms with van der Waals surface area (Å²) in [4.78, 5) is 37.7. The normalized spacial score (nSPS) is 11.8. The summed E-state index contributed by atoms with van der Waals surface area (Å²) < 4.78 is 16.7. The quantitative estimate of drug-likeness (QED) is 0.0347. The van der Waals surface area contributed by atoms with Crippen molar-refractivity contribution in [2.45, 2.75) is 290 Å². The Balaban J connectivity index is 4.17. The average Bonchev–Trinajstić information content (AvgIpc) is 3.19. The maximum Gasteiger partial charge on any atom is 0.306 e. The van der Waals surface area contributed by atoms with Crippen LogP contribution in [-0.2, 0) is 28.6 Å². The summed E-state index contributed by atoms with van der Waals surface area (Å²) in [5.41, 5.74) is 0. The van der Waals surface area contributed by atoms with Crippen LogP contribution in [0.15, 0.2) is 0 Å². The molecule has 56 heavy (non-hydrogen) atoms. The number of carbonyl (C=O) groups excluding carboxylic acids is 3. The molecule has 0 rings (SSSR count). The summed E-state index contributed by atoms with van der Waals surface area (Å²) in [6, 6.07) is 0.